The van der Waals surface area contributed by atoms with Gasteiger partial charge in [0.2, 0.25) is 0 Å². The molecule has 1 aromatic carbocycles. The maximum atomic E-state index is 5.75. The van der Waals surface area contributed by atoms with Gasteiger partial charge in [-0.15, -0.1) is 11.8 Å². The van der Waals surface area contributed by atoms with Gasteiger partial charge < -0.3 is 10.3 Å². The number of benzene rings is 1. The van der Waals surface area contributed by atoms with Gasteiger partial charge in [-0.1, -0.05) is 12.1 Å². The van der Waals surface area contributed by atoms with Crippen molar-refractivity contribution in [2.24, 2.45) is 12.8 Å². The van der Waals surface area contributed by atoms with Crippen molar-refractivity contribution in [1.82, 2.24) is 9.55 Å². The smallest absolute Gasteiger partial charge is 0.106 e. The first-order valence-corrected chi connectivity index (χ1v) is 6.76. The van der Waals surface area contributed by atoms with Gasteiger partial charge in [0.1, 0.15) is 5.82 Å². The average Bonchev–Trinajstić information content (AvgIpc) is 2.65. The largest absolute Gasteiger partial charge is 0.331 e. The second kappa shape index (κ2) is 4.94. The number of aryl methyl sites for hydroxylation is 1. The standard InChI is InChI=1S/C13H17N3S/c1-9-15-12(8-14)13(16(9)2)10-4-6-11(17-3)7-5-10/h4-7H,8,14H2,1-3H3. The topological polar surface area (TPSA) is 43.8 Å². The van der Waals surface area contributed by atoms with E-state index >= 15 is 0 Å². The predicted molar refractivity (Wildman–Crippen MR) is 73.1 cm³/mol. The van der Waals surface area contributed by atoms with Gasteiger partial charge in [-0.25, -0.2) is 4.98 Å². The predicted octanol–water partition coefficient (Wildman–Crippen LogP) is 2.58. The zero-order valence-corrected chi connectivity index (χ0v) is 11.2. The Kier molecular flexibility index (Phi) is 3.54. The fourth-order valence-corrected chi connectivity index (χ4v) is 2.34. The molecule has 0 unspecified atom stereocenters. The van der Waals surface area contributed by atoms with Crippen molar-refractivity contribution in [1.29, 1.82) is 0 Å². The number of hydrogen-bond acceptors (Lipinski definition) is 3. The van der Waals surface area contributed by atoms with Crippen molar-refractivity contribution in [3.63, 3.8) is 0 Å². The van der Waals surface area contributed by atoms with E-state index < -0.39 is 0 Å². The van der Waals surface area contributed by atoms with Gasteiger partial charge in [0.15, 0.2) is 0 Å². The molecule has 2 N–H and O–H groups in total. The van der Waals surface area contributed by atoms with Crippen molar-refractivity contribution >= 4 is 11.8 Å². The van der Waals surface area contributed by atoms with E-state index in [1.807, 2.05) is 14.0 Å². The van der Waals surface area contributed by atoms with Crippen LogP contribution in [0.4, 0.5) is 0 Å². The van der Waals surface area contributed by atoms with E-state index in [9.17, 15) is 0 Å². The minimum atomic E-state index is 0.474. The monoisotopic (exact) mass is 247 g/mol. The number of nitrogens with two attached hydrogens (primary N) is 1. The Balaban J connectivity index is 2.51. The molecule has 3 nitrogen and oxygen atoms in total. The normalized spacial score (nSPS) is 10.8. The molecular weight excluding hydrogens is 230 g/mol. The molecule has 0 aliphatic rings. The van der Waals surface area contributed by atoms with E-state index in [-0.39, 0.29) is 0 Å². The van der Waals surface area contributed by atoms with E-state index in [0.717, 1.165) is 17.2 Å². The SMILES string of the molecule is CSc1ccc(-c2c(CN)nc(C)n2C)cc1. The highest BCUT2D eigenvalue weighted by molar-refractivity contribution is 7.98. The summed E-state index contributed by atoms with van der Waals surface area (Å²) >= 11 is 1.74. The highest BCUT2D eigenvalue weighted by Crippen LogP contribution is 2.26. The molecule has 0 fully saturated rings. The van der Waals surface area contributed by atoms with Crippen molar-refractivity contribution in [2.75, 3.05) is 6.26 Å². The maximum absolute atomic E-state index is 5.75. The molecule has 2 aromatic rings. The highest BCUT2D eigenvalue weighted by Gasteiger charge is 2.12. The molecule has 2 rings (SSSR count). The lowest BCUT2D eigenvalue weighted by atomic mass is 10.1. The van der Waals surface area contributed by atoms with E-state index in [4.69, 9.17) is 5.73 Å². The van der Waals surface area contributed by atoms with Gasteiger partial charge in [-0.05, 0) is 25.3 Å². The first-order chi connectivity index (χ1) is 8.17. The summed E-state index contributed by atoms with van der Waals surface area (Å²) < 4.78 is 2.09. The first-order valence-electron chi connectivity index (χ1n) is 5.54. The molecule has 0 spiro atoms. The van der Waals surface area contributed by atoms with Gasteiger partial charge in [-0.3, -0.25) is 0 Å². The molecule has 1 aromatic heterocycles. The minimum absolute atomic E-state index is 0.474. The molecule has 0 bridgehead atoms. The van der Waals surface area contributed by atoms with Crippen LogP contribution < -0.4 is 5.73 Å². The average molecular weight is 247 g/mol. The molecule has 1 heterocycles. The van der Waals surface area contributed by atoms with Crippen LogP contribution in [-0.2, 0) is 13.6 Å². The minimum Gasteiger partial charge on any atom is -0.331 e. The summed E-state index contributed by atoms with van der Waals surface area (Å²) in [6.07, 6.45) is 2.08. The van der Waals surface area contributed by atoms with Crippen LogP contribution in [0.15, 0.2) is 29.2 Å². The summed E-state index contributed by atoms with van der Waals surface area (Å²) in [4.78, 5) is 5.75. The van der Waals surface area contributed by atoms with E-state index in [2.05, 4.69) is 40.1 Å². The molecule has 17 heavy (non-hydrogen) atoms. The zero-order chi connectivity index (χ0) is 12.4. The van der Waals surface area contributed by atoms with E-state index in [1.54, 1.807) is 11.8 Å². The molecule has 0 saturated carbocycles. The molecule has 0 amide bonds. The van der Waals surface area contributed by atoms with Crippen molar-refractivity contribution < 1.29 is 0 Å². The first kappa shape index (κ1) is 12.2. The second-order valence-corrected chi connectivity index (χ2v) is 4.83. The van der Waals surface area contributed by atoms with Gasteiger partial charge >= 0.3 is 0 Å². The Labute approximate surface area is 106 Å². The van der Waals surface area contributed by atoms with Crippen LogP contribution in [0.5, 0.6) is 0 Å². The number of rotatable bonds is 3. The molecule has 4 heteroatoms. The lowest BCUT2D eigenvalue weighted by Gasteiger charge is -2.06. The van der Waals surface area contributed by atoms with Crippen LogP contribution in [0.1, 0.15) is 11.5 Å². The maximum Gasteiger partial charge on any atom is 0.106 e. The summed E-state index contributed by atoms with van der Waals surface area (Å²) in [7, 11) is 2.03. The lowest BCUT2D eigenvalue weighted by Crippen LogP contribution is -2.00. The molecule has 0 radical (unpaired) electrons. The summed E-state index contributed by atoms with van der Waals surface area (Å²) in [5, 5.41) is 0. The Bertz CT molecular complexity index is 514. The highest BCUT2D eigenvalue weighted by atomic mass is 32.2. The Hall–Kier alpha value is -1.26. The van der Waals surface area contributed by atoms with Crippen LogP contribution in [0.3, 0.4) is 0 Å². The van der Waals surface area contributed by atoms with Crippen LogP contribution in [0.25, 0.3) is 11.3 Å². The number of nitrogens with zero attached hydrogens (tertiary/aromatic N) is 2. The van der Waals surface area contributed by atoms with Crippen molar-refractivity contribution in [3.05, 3.63) is 35.8 Å². The van der Waals surface area contributed by atoms with Crippen LogP contribution in [0.2, 0.25) is 0 Å². The second-order valence-electron chi connectivity index (χ2n) is 3.95. The molecule has 0 aliphatic heterocycles. The van der Waals surface area contributed by atoms with Gasteiger partial charge in [0, 0.05) is 24.1 Å². The summed E-state index contributed by atoms with van der Waals surface area (Å²) in [5.74, 6) is 0.995. The number of thioether (sulfide) groups is 1. The third kappa shape index (κ3) is 2.23. The van der Waals surface area contributed by atoms with Crippen LogP contribution in [0, 0.1) is 6.92 Å². The quantitative estimate of drug-likeness (QED) is 0.848. The summed E-state index contributed by atoms with van der Waals surface area (Å²) in [5.41, 5.74) is 9.00. The number of aromatic nitrogens is 2. The fraction of sp³-hybridized carbons (Fsp3) is 0.308. The Morgan fingerprint density at radius 1 is 1.29 bits per heavy atom. The lowest BCUT2D eigenvalue weighted by molar-refractivity contribution is 0.865. The van der Waals surface area contributed by atoms with Gasteiger partial charge in [0.05, 0.1) is 11.4 Å². The molecule has 0 aliphatic carbocycles. The molecule has 0 saturated heterocycles. The zero-order valence-electron chi connectivity index (χ0n) is 10.4. The number of hydrogen-bond donors (Lipinski definition) is 1. The van der Waals surface area contributed by atoms with Gasteiger partial charge in [-0.2, -0.15) is 0 Å². The molecular formula is C13H17N3S. The Morgan fingerprint density at radius 2 is 1.94 bits per heavy atom. The van der Waals surface area contributed by atoms with Gasteiger partial charge in [0.25, 0.3) is 0 Å². The van der Waals surface area contributed by atoms with E-state index in [0.29, 0.717) is 6.54 Å². The Morgan fingerprint density at radius 3 is 2.47 bits per heavy atom. The molecule has 0 atom stereocenters. The fourth-order valence-electron chi connectivity index (χ4n) is 1.93. The third-order valence-electron chi connectivity index (χ3n) is 2.95. The number of imidazole rings is 1. The summed E-state index contributed by atoms with van der Waals surface area (Å²) in [6.45, 7) is 2.47. The molecule has 90 valence electrons. The van der Waals surface area contributed by atoms with E-state index in [1.165, 1.54) is 10.5 Å². The van der Waals surface area contributed by atoms with Crippen molar-refractivity contribution in [2.45, 2.75) is 18.4 Å². The van der Waals surface area contributed by atoms with Crippen LogP contribution in [-0.4, -0.2) is 15.8 Å². The third-order valence-corrected chi connectivity index (χ3v) is 3.69. The van der Waals surface area contributed by atoms with Crippen molar-refractivity contribution in [3.8, 4) is 11.3 Å². The van der Waals surface area contributed by atoms with Crippen LogP contribution >= 0.6 is 11.8 Å². The summed E-state index contributed by atoms with van der Waals surface area (Å²) in [6, 6.07) is 8.51.